The van der Waals surface area contributed by atoms with Crippen LogP contribution in [0, 0.1) is 16.0 Å². The molecule has 2 heterocycles. The lowest BCUT2D eigenvalue weighted by atomic mass is 10.0. The number of ether oxygens (including phenoxy) is 1. The molecule has 0 amide bonds. The molecule has 1 aliphatic heterocycles. The lowest BCUT2D eigenvalue weighted by molar-refractivity contribution is -0.385. The second-order valence-corrected chi connectivity index (χ2v) is 6.88. The molecule has 1 aliphatic rings. The van der Waals surface area contributed by atoms with Crippen LogP contribution < -0.4 is 9.64 Å². The van der Waals surface area contributed by atoms with Gasteiger partial charge in [0, 0.05) is 18.5 Å². The van der Waals surface area contributed by atoms with Crippen LogP contribution in [0.4, 0.5) is 11.5 Å². The summed E-state index contributed by atoms with van der Waals surface area (Å²) < 4.78 is 5.92. The summed E-state index contributed by atoms with van der Waals surface area (Å²) in [6.45, 7) is 3.63. The van der Waals surface area contributed by atoms with E-state index >= 15 is 0 Å². The molecule has 7 nitrogen and oxygen atoms in total. The number of hydrogen-bond donors (Lipinski definition) is 0. The van der Waals surface area contributed by atoms with Gasteiger partial charge in [-0.05, 0) is 30.2 Å². The fraction of sp³-hybridized carbons (Fsp3) is 0.300. The molecule has 27 heavy (non-hydrogen) atoms. The van der Waals surface area contributed by atoms with Crippen LogP contribution in [0.1, 0.15) is 19.8 Å². The zero-order chi connectivity index (χ0) is 18.8. The van der Waals surface area contributed by atoms with Crippen LogP contribution in [0.2, 0.25) is 0 Å². The minimum atomic E-state index is -0.449. The number of anilines is 1. The molecule has 0 radical (unpaired) electrons. The number of nitrogens with zero attached hydrogens (tertiary/aromatic N) is 4. The van der Waals surface area contributed by atoms with Gasteiger partial charge in [0.05, 0.1) is 4.92 Å². The molecule has 1 atom stereocenters. The summed E-state index contributed by atoms with van der Waals surface area (Å²) in [4.78, 5) is 21.6. The molecule has 4 rings (SSSR count). The predicted molar refractivity (Wildman–Crippen MR) is 103 cm³/mol. The number of benzene rings is 2. The van der Waals surface area contributed by atoms with Gasteiger partial charge in [-0.15, -0.1) is 0 Å². The second kappa shape index (κ2) is 7.19. The highest BCUT2D eigenvalue weighted by Gasteiger charge is 2.30. The molecule has 3 aromatic rings. The Kier molecular flexibility index (Phi) is 4.58. The van der Waals surface area contributed by atoms with Crippen molar-refractivity contribution in [3.05, 3.63) is 58.9 Å². The van der Waals surface area contributed by atoms with Crippen molar-refractivity contribution in [2.75, 3.05) is 18.0 Å². The van der Waals surface area contributed by atoms with Gasteiger partial charge in [-0.25, -0.2) is 4.98 Å². The van der Waals surface area contributed by atoms with Crippen molar-refractivity contribution in [1.82, 2.24) is 9.97 Å². The van der Waals surface area contributed by atoms with Crippen molar-refractivity contribution < 1.29 is 9.66 Å². The Morgan fingerprint density at radius 1 is 1.19 bits per heavy atom. The monoisotopic (exact) mass is 364 g/mol. The van der Waals surface area contributed by atoms with E-state index in [0.29, 0.717) is 17.5 Å². The summed E-state index contributed by atoms with van der Waals surface area (Å²) in [5.41, 5.74) is -0.181. The lowest BCUT2D eigenvalue weighted by Gasteiger charge is -2.31. The van der Waals surface area contributed by atoms with E-state index in [-0.39, 0.29) is 11.6 Å². The molecule has 1 fully saturated rings. The highest BCUT2D eigenvalue weighted by atomic mass is 16.6. The van der Waals surface area contributed by atoms with Crippen molar-refractivity contribution >= 4 is 22.3 Å². The average molecular weight is 364 g/mol. The summed E-state index contributed by atoms with van der Waals surface area (Å²) in [7, 11) is 0. The number of piperidine rings is 1. The van der Waals surface area contributed by atoms with Gasteiger partial charge < -0.3 is 9.64 Å². The van der Waals surface area contributed by atoms with Crippen LogP contribution in [-0.4, -0.2) is 28.0 Å². The normalized spacial score (nSPS) is 17.1. The number of rotatable bonds is 4. The van der Waals surface area contributed by atoms with Crippen molar-refractivity contribution in [3.63, 3.8) is 0 Å². The van der Waals surface area contributed by atoms with E-state index in [1.54, 1.807) is 6.07 Å². The van der Waals surface area contributed by atoms with Gasteiger partial charge in [0.25, 0.3) is 0 Å². The van der Waals surface area contributed by atoms with E-state index in [0.717, 1.165) is 36.7 Å². The Bertz CT molecular complexity index is 987. The minimum Gasteiger partial charge on any atom is -0.433 e. The van der Waals surface area contributed by atoms with Crippen LogP contribution in [-0.2, 0) is 0 Å². The van der Waals surface area contributed by atoms with Crippen molar-refractivity contribution in [3.8, 4) is 11.6 Å². The van der Waals surface area contributed by atoms with Gasteiger partial charge in [-0.3, -0.25) is 10.1 Å². The topological polar surface area (TPSA) is 81.4 Å². The predicted octanol–water partition coefficient (Wildman–Crippen LogP) is 4.57. The Labute approximate surface area is 156 Å². The molecule has 0 saturated carbocycles. The maximum atomic E-state index is 11.8. The summed E-state index contributed by atoms with van der Waals surface area (Å²) in [6, 6.07) is 13.4. The first-order valence-corrected chi connectivity index (χ1v) is 9.03. The Morgan fingerprint density at radius 3 is 2.81 bits per heavy atom. The highest BCUT2D eigenvalue weighted by Crippen LogP contribution is 2.39. The van der Waals surface area contributed by atoms with E-state index in [2.05, 4.69) is 16.9 Å². The number of aromatic nitrogens is 2. The molecule has 1 unspecified atom stereocenters. The number of fused-ring (bicyclic) bond motifs is 1. The minimum absolute atomic E-state index is 0.0282. The van der Waals surface area contributed by atoms with Crippen LogP contribution in [0.25, 0.3) is 10.8 Å². The van der Waals surface area contributed by atoms with E-state index < -0.39 is 4.92 Å². The van der Waals surface area contributed by atoms with Crippen LogP contribution in [0.5, 0.6) is 11.6 Å². The van der Waals surface area contributed by atoms with Crippen molar-refractivity contribution in [2.24, 2.45) is 5.92 Å². The van der Waals surface area contributed by atoms with Gasteiger partial charge in [0.1, 0.15) is 12.1 Å². The zero-order valence-electron chi connectivity index (χ0n) is 15.0. The molecule has 7 heteroatoms. The third-order valence-corrected chi connectivity index (χ3v) is 4.86. The Balaban J connectivity index is 1.76. The molecule has 1 saturated heterocycles. The maximum absolute atomic E-state index is 11.8. The molecule has 0 N–H and O–H groups in total. The molecule has 0 aliphatic carbocycles. The lowest BCUT2D eigenvalue weighted by Crippen LogP contribution is -2.35. The van der Waals surface area contributed by atoms with Crippen LogP contribution >= 0.6 is 0 Å². The van der Waals surface area contributed by atoms with Gasteiger partial charge in [0.15, 0.2) is 0 Å². The largest absolute Gasteiger partial charge is 0.433 e. The summed E-state index contributed by atoms with van der Waals surface area (Å²) in [5, 5.41) is 13.7. The molecule has 0 bridgehead atoms. The highest BCUT2D eigenvalue weighted by molar-refractivity contribution is 5.88. The van der Waals surface area contributed by atoms with Gasteiger partial charge in [-0.1, -0.05) is 43.3 Å². The zero-order valence-corrected chi connectivity index (χ0v) is 15.0. The third-order valence-electron chi connectivity index (χ3n) is 4.86. The Morgan fingerprint density at radius 2 is 2.00 bits per heavy atom. The second-order valence-electron chi connectivity index (χ2n) is 6.88. The molecule has 2 aromatic carbocycles. The van der Waals surface area contributed by atoms with Crippen molar-refractivity contribution in [1.29, 1.82) is 0 Å². The van der Waals surface area contributed by atoms with Crippen LogP contribution in [0.3, 0.4) is 0 Å². The smallest absolute Gasteiger partial charge is 0.373 e. The van der Waals surface area contributed by atoms with Gasteiger partial charge in [-0.2, -0.15) is 4.98 Å². The molecule has 0 spiro atoms. The number of hydrogen-bond acceptors (Lipinski definition) is 6. The first-order valence-electron chi connectivity index (χ1n) is 9.03. The molecular weight excluding hydrogens is 344 g/mol. The van der Waals surface area contributed by atoms with E-state index in [1.165, 1.54) is 6.33 Å². The maximum Gasteiger partial charge on any atom is 0.373 e. The third kappa shape index (κ3) is 3.40. The Hall–Kier alpha value is -3.22. The molecular formula is C20H20N4O3. The molecule has 1 aromatic heterocycles. The summed E-state index contributed by atoms with van der Waals surface area (Å²) in [6.07, 6.45) is 3.44. The summed E-state index contributed by atoms with van der Waals surface area (Å²) >= 11 is 0. The van der Waals surface area contributed by atoms with Gasteiger partial charge in [0.2, 0.25) is 5.82 Å². The van der Waals surface area contributed by atoms with E-state index in [1.807, 2.05) is 41.3 Å². The van der Waals surface area contributed by atoms with Gasteiger partial charge >= 0.3 is 11.6 Å². The van der Waals surface area contributed by atoms with E-state index in [9.17, 15) is 10.1 Å². The average Bonchev–Trinajstić information content (AvgIpc) is 2.68. The first-order chi connectivity index (χ1) is 13.1. The number of nitro groups is 1. The standard InChI is InChI=1S/C20H20N4O3/c1-14-6-5-11-23(12-14)19-18(24(25)26)20(22-13-21-19)27-17-10-4-8-15-7-2-3-9-16(15)17/h2-4,7-10,13-14H,5-6,11-12H2,1H3. The quantitative estimate of drug-likeness (QED) is 0.498. The van der Waals surface area contributed by atoms with E-state index in [4.69, 9.17) is 4.74 Å². The SMILES string of the molecule is CC1CCCN(c2ncnc(Oc3cccc4ccccc34)c2[N+](=O)[O-])C1. The van der Waals surface area contributed by atoms with Crippen LogP contribution in [0.15, 0.2) is 48.8 Å². The van der Waals surface area contributed by atoms with Crippen molar-refractivity contribution in [2.45, 2.75) is 19.8 Å². The summed E-state index contributed by atoms with van der Waals surface area (Å²) in [5.74, 6) is 1.31. The first kappa shape index (κ1) is 17.2. The molecule has 138 valence electrons. The fourth-order valence-electron chi connectivity index (χ4n) is 3.59. The fourth-order valence-corrected chi connectivity index (χ4v) is 3.59.